The van der Waals surface area contributed by atoms with Gasteiger partial charge in [0.05, 0.1) is 12.0 Å². The molecule has 1 N–H and O–H groups in total. The van der Waals surface area contributed by atoms with Crippen LogP contribution >= 0.6 is 0 Å². The SMILES string of the molecule is C[C@@H]1CC(Oc2ccc3cc(CN4CC(C(=O)O)C4)ccc3c2)C[C@@H]1C. The van der Waals surface area contributed by atoms with Crippen LogP contribution in [-0.2, 0) is 11.3 Å². The van der Waals surface area contributed by atoms with Gasteiger partial charge in [-0.2, -0.15) is 0 Å². The normalized spacial score (nSPS) is 26.8. The van der Waals surface area contributed by atoms with E-state index >= 15 is 0 Å². The van der Waals surface area contributed by atoms with Crippen LogP contribution in [0.2, 0.25) is 0 Å². The predicted octanol–water partition coefficient (Wildman–Crippen LogP) is 4.17. The molecule has 0 bridgehead atoms. The number of rotatable bonds is 5. The largest absolute Gasteiger partial charge is 0.490 e. The molecule has 4 nitrogen and oxygen atoms in total. The van der Waals surface area contributed by atoms with E-state index in [0.717, 1.165) is 37.0 Å². The highest BCUT2D eigenvalue weighted by Crippen LogP contribution is 2.34. The number of carboxylic acid groups (broad SMARTS) is 1. The lowest BCUT2D eigenvalue weighted by molar-refractivity contribution is -0.147. The van der Waals surface area contributed by atoms with E-state index in [4.69, 9.17) is 9.84 Å². The fraction of sp³-hybridized carbons (Fsp3) is 0.500. The molecule has 4 rings (SSSR count). The van der Waals surface area contributed by atoms with Gasteiger partial charge in [0.1, 0.15) is 5.75 Å². The van der Waals surface area contributed by atoms with Gasteiger partial charge in [-0.05, 0) is 59.2 Å². The van der Waals surface area contributed by atoms with Crippen LogP contribution in [0.3, 0.4) is 0 Å². The summed E-state index contributed by atoms with van der Waals surface area (Å²) in [6.45, 7) is 6.74. The van der Waals surface area contributed by atoms with Crippen molar-refractivity contribution in [2.45, 2.75) is 39.3 Å². The Bertz CT molecular complexity index is 802. The lowest BCUT2D eigenvalue weighted by atomic mass is 9.99. The number of carboxylic acids is 1. The predicted molar refractivity (Wildman–Crippen MR) is 102 cm³/mol. The Balaban J connectivity index is 1.41. The van der Waals surface area contributed by atoms with Crippen molar-refractivity contribution in [1.82, 2.24) is 4.90 Å². The Hall–Kier alpha value is -2.07. The molecule has 2 aromatic carbocycles. The number of hydrogen-bond acceptors (Lipinski definition) is 3. The third kappa shape index (κ3) is 3.56. The van der Waals surface area contributed by atoms with Gasteiger partial charge in [-0.3, -0.25) is 9.69 Å². The first-order chi connectivity index (χ1) is 12.5. The van der Waals surface area contributed by atoms with Crippen LogP contribution in [0.15, 0.2) is 36.4 Å². The number of ether oxygens (including phenoxy) is 1. The zero-order valence-corrected chi connectivity index (χ0v) is 15.5. The summed E-state index contributed by atoms with van der Waals surface area (Å²) in [5, 5.41) is 11.4. The zero-order valence-electron chi connectivity index (χ0n) is 15.5. The van der Waals surface area contributed by atoms with Crippen molar-refractivity contribution >= 4 is 16.7 Å². The fourth-order valence-corrected chi connectivity index (χ4v) is 4.24. The Morgan fingerprint density at radius 1 is 1.08 bits per heavy atom. The molecule has 2 fully saturated rings. The summed E-state index contributed by atoms with van der Waals surface area (Å²) in [7, 11) is 0. The average molecular weight is 353 g/mol. The summed E-state index contributed by atoms with van der Waals surface area (Å²) >= 11 is 0. The maximum atomic E-state index is 10.9. The van der Waals surface area contributed by atoms with Crippen molar-refractivity contribution in [3.05, 3.63) is 42.0 Å². The van der Waals surface area contributed by atoms with Gasteiger partial charge in [-0.15, -0.1) is 0 Å². The number of hydrogen-bond donors (Lipinski definition) is 1. The van der Waals surface area contributed by atoms with E-state index in [1.807, 2.05) is 0 Å². The van der Waals surface area contributed by atoms with Gasteiger partial charge in [0.2, 0.25) is 0 Å². The number of fused-ring (bicyclic) bond motifs is 1. The Kier molecular flexibility index (Phi) is 4.62. The van der Waals surface area contributed by atoms with Crippen molar-refractivity contribution in [1.29, 1.82) is 0 Å². The monoisotopic (exact) mass is 353 g/mol. The standard InChI is InChI=1S/C22H27NO3/c1-14-7-21(8-15(14)2)26-20-6-5-17-9-16(3-4-18(17)10-20)11-23-12-19(13-23)22(24)25/h3-6,9-10,14-15,19,21H,7-8,11-13H2,1-2H3,(H,24,25)/t14-,15+,21?. The van der Waals surface area contributed by atoms with Crippen LogP contribution in [0.1, 0.15) is 32.3 Å². The van der Waals surface area contributed by atoms with E-state index in [9.17, 15) is 4.79 Å². The van der Waals surface area contributed by atoms with E-state index in [1.165, 1.54) is 16.3 Å². The smallest absolute Gasteiger partial charge is 0.309 e. The molecule has 0 aromatic heterocycles. The van der Waals surface area contributed by atoms with Gasteiger partial charge in [0.25, 0.3) is 0 Å². The summed E-state index contributed by atoms with van der Waals surface area (Å²) in [5.41, 5.74) is 1.23. The van der Waals surface area contributed by atoms with E-state index in [1.54, 1.807) is 0 Å². The minimum Gasteiger partial charge on any atom is -0.490 e. The van der Waals surface area contributed by atoms with Gasteiger partial charge in [-0.1, -0.05) is 32.0 Å². The molecule has 2 aromatic rings. The molecule has 2 aliphatic rings. The molecule has 1 aliphatic carbocycles. The van der Waals surface area contributed by atoms with Crippen molar-refractivity contribution in [3.8, 4) is 5.75 Å². The molecule has 1 saturated heterocycles. The molecule has 138 valence electrons. The second-order valence-electron chi connectivity index (χ2n) is 8.24. The van der Waals surface area contributed by atoms with E-state index < -0.39 is 5.97 Å². The van der Waals surface area contributed by atoms with Gasteiger partial charge in [-0.25, -0.2) is 0 Å². The summed E-state index contributed by atoms with van der Waals surface area (Å²) in [6, 6.07) is 12.8. The first kappa shape index (κ1) is 17.3. The molecular formula is C22H27NO3. The molecule has 1 unspecified atom stereocenters. The Labute approximate surface area is 154 Å². The van der Waals surface area contributed by atoms with E-state index in [0.29, 0.717) is 19.2 Å². The quantitative estimate of drug-likeness (QED) is 0.876. The summed E-state index contributed by atoms with van der Waals surface area (Å²) < 4.78 is 6.22. The number of likely N-dealkylation sites (tertiary alicyclic amines) is 1. The minimum atomic E-state index is -0.682. The Morgan fingerprint density at radius 2 is 1.73 bits per heavy atom. The minimum absolute atomic E-state index is 0.198. The molecular weight excluding hydrogens is 326 g/mol. The molecule has 3 atom stereocenters. The van der Waals surface area contributed by atoms with Crippen LogP contribution in [0.5, 0.6) is 5.75 Å². The molecule has 26 heavy (non-hydrogen) atoms. The maximum absolute atomic E-state index is 10.9. The summed E-state index contributed by atoms with van der Waals surface area (Å²) in [4.78, 5) is 13.1. The fourth-order valence-electron chi connectivity index (χ4n) is 4.24. The highest BCUT2D eigenvalue weighted by molar-refractivity contribution is 5.84. The molecule has 0 amide bonds. The van der Waals surface area contributed by atoms with Crippen LogP contribution in [0.4, 0.5) is 0 Å². The summed E-state index contributed by atoms with van der Waals surface area (Å²) in [6.07, 6.45) is 2.63. The van der Waals surface area contributed by atoms with Gasteiger partial charge < -0.3 is 9.84 Å². The highest BCUT2D eigenvalue weighted by Gasteiger charge is 2.32. The van der Waals surface area contributed by atoms with E-state index in [-0.39, 0.29) is 5.92 Å². The number of benzene rings is 2. The topological polar surface area (TPSA) is 49.8 Å². The van der Waals surface area contributed by atoms with Crippen LogP contribution < -0.4 is 4.74 Å². The second-order valence-corrected chi connectivity index (χ2v) is 8.24. The molecule has 0 spiro atoms. The van der Waals surface area contributed by atoms with Crippen LogP contribution in [-0.4, -0.2) is 35.2 Å². The first-order valence-electron chi connectivity index (χ1n) is 9.62. The molecule has 1 saturated carbocycles. The number of carbonyl (C=O) groups is 1. The van der Waals surface area contributed by atoms with Gasteiger partial charge in [0.15, 0.2) is 0 Å². The van der Waals surface area contributed by atoms with Crippen molar-refractivity contribution in [3.63, 3.8) is 0 Å². The first-order valence-corrected chi connectivity index (χ1v) is 9.62. The molecule has 4 heteroatoms. The zero-order chi connectivity index (χ0) is 18.3. The maximum Gasteiger partial charge on any atom is 0.309 e. The lowest BCUT2D eigenvalue weighted by Gasteiger charge is -2.36. The molecule has 1 aliphatic heterocycles. The third-order valence-corrected chi connectivity index (χ3v) is 6.13. The van der Waals surface area contributed by atoms with Crippen molar-refractivity contribution in [2.75, 3.05) is 13.1 Å². The highest BCUT2D eigenvalue weighted by atomic mass is 16.5. The van der Waals surface area contributed by atoms with E-state index in [2.05, 4.69) is 55.1 Å². The number of aliphatic carboxylic acids is 1. The lowest BCUT2D eigenvalue weighted by Crippen LogP contribution is -2.49. The number of nitrogens with zero attached hydrogens (tertiary/aromatic N) is 1. The molecule has 0 radical (unpaired) electrons. The van der Waals surface area contributed by atoms with Crippen molar-refractivity contribution < 1.29 is 14.6 Å². The second kappa shape index (κ2) is 6.92. The van der Waals surface area contributed by atoms with Crippen LogP contribution in [0.25, 0.3) is 10.8 Å². The molecule has 1 heterocycles. The average Bonchev–Trinajstić information content (AvgIpc) is 2.87. The van der Waals surface area contributed by atoms with Crippen molar-refractivity contribution in [2.24, 2.45) is 17.8 Å². The van der Waals surface area contributed by atoms with Gasteiger partial charge >= 0.3 is 5.97 Å². The third-order valence-electron chi connectivity index (χ3n) is 6.13. The Morgan fingerprint density at radius 3 is 2.42 bits per heavy atom. The van der Waals surface area contributed by atoms with Gasteiger partial charge in [0, 0.05) is 19.6 Å². The summed E-state index contributed by atoms with van der Waals surface area (Å²) in [5.74, 6) is 1.56. The van der Waals surface area contributed by atoms with Crippen LogP contribution in [0, 0.1) is 17.8 Å².